The molecule has 0 radical (unpaired) electrons. The Bertz CT molecular complexity index is 106. The van der Waals surface area contributed by atoms with Gasteiger partial charge in [0.05, 0.1) is 19.6 Å². The highest BCUT2D eigenvalue weighted by Gasteiger charge is 2.23. The molecule has 1 aliphatic heterocycles. The summed E-state index contributed by atoms with van der Waals surface area (Å²) in [5.41, 5.74) is 0. The molecule has 0 aromatic rings. The molecule has 2 unspecified atom stereocenters. The smallest absolute Gasteiger partial charge is 0.0801 e. The first-order chi connectivity index (χ1) is 5.36. The fourth-order valence-corrected chi connectivity index (χ4v) is 2.02. The Morgan fingerprint density at radius 1 is 1.33 bits per heavy atom. The molecular formula is C10H22ClN. The van der Waals surface area contributed by atoms with E-state index in [0.717, 1.165) is 5.92 Å². The zero-order chi connectivity index (χ0) is 8.10. The van der Waals surface area contributed by atoms with Crippen molar-refractivity contribution in [2.75, 3.05) is 19.6 Å². The van der Waals surface area contributed by atoms with Crippen LogP contribution >= 0.6 is 0 Å². The van der Waals surface area contributed by atoms with Crippen molar-refractivity contribution in [1.29, 1.82) is 0 Å². The summed E-state index contributed by atoms with van der Waals surface area (Å²) in [5.74, 6) is 1.04. The van der Waals surface area contributed by atoms with Gasteiger partial charge in [0.15, 0.2) is 0 Å². The van der Waals surface area contributed by atoms with Gasteiger partial charge in [0.25, 0.3) is 0 Å². The monoisotopic (exact) mass is 191 g/mol. The lowest BCUT2D eigenvalue weighted by Crippen LogP contribution is -3.10. The van der Waals surface area contributed by atoms with Gasteiger partial charge in [-0.2, -0.15) is 0 Å². The van der Waals surface area contributed by atoms with Crippen molar-refractivity contribution in [1.82, 2.24) is 0 Å². The molecule has 0 aromatic carbocycles. The number of rotatable bonds is 4. The minimum Gasteiger partial charge on any atom is -1.00 e. The molecule has 2 heteroatoms. The summed E-state index contributed by atoms with van der Waals surface area (Å²) >= 11 is 0. The van der Waals surface area contributed by atoms with Gasteiger partial charge in [-0.05, 0) is 12.8 Å². The van der Waals surface area contributed by atoms with E-state index in [9.17, 15) is 0 Å². The lowest BCUT2D eigenvalue weighted by Gasteiger charge is -2.11. The maximum Gasteiger partial charge on any atom is 0.0801 e. The average molecular weight is 192 g/mol. The lowest BCUT2D eigenvalue weighted by molar-refractivity contribution is -0.889. The Morgan fingerprint density at radius 3 is 2.58 bits per heavy atom. The first-order valence-electron chi connectivity index (χ1n) is 5.20. The minimum absolute atomic E-state index is 0. The van der Waals surface area contributed by atoms with Gasteiger partial charge in [0.2, 0.25) is 0 Å². The highest BCUT2D eigenvalue weighted by molar-refractivity contribution is 4.59. The van der Waals surface area contributed by atoms with Crippen LogP contribution in [0.15, 0.2) is 0 Å². The summed E-state index contributed by atoms with van der Waals surface area (Å²) in [6.07, 6.45) is 5.66. The molecule has 0 amide bonds. The van der Waals surface area contributed by atoms with Crippen molar-refractivity contribution in [3.05, 3.63) is 0 Å². The molecule has 1 saturated heterocycles. The second kappa shape index (κ2) is 6.73. The predicted molar refractivity (Wildman–Crippen MR) is 48.9 cm³/mol. The average Bonchev–Trinajstić information content (AvgIpc) is 2.48. The molecule has 0 bridgehead atoms. The molecule has 1 N–H and O–H groups in total. The van der Waals surface area contributed by atoms with Crippen molar-refractivity contribution in [2.24, 2.45) is 5.92 Å². The molecule has 1 fully saturated rings. The van der Waals surface area contributed by atoms with E-state index in [4.69, 9.17) is 0 Å². The van der Waals surface area contributed by atoms with Crippen molar-refractivity contribution in [3.63, 3.8) is 0 Å². The van der Waals surface area contributed by atoms with E-state index in [1.807, 2.05) is 4.90 Å². The van der Waals surface area contributed by atoms with Crippen LogP contribution in [0.5, 0.6) is 0 Å². The van der Waals surface area contributed by atoms with Crippen molar-refractivity contribution < 1.29 is 17.3 Å². The number of nitrogens with one attached hydrogen (secondary N) is 1. The number of hydrogen-bond acceptors (Lipinski definition) is 0. The van der Waals surface area contributed by atoms with Crippen LogP contribution in [0.4, 0.5) is 0 Å². The molecule has 12 heavy (non-hydrogen) atoms. The number of quaternary nitrogens is 1. The van der Waals surface area contributed by atoms with Crippen molar-refractivity contribution in [3.8, 4) is 0 Å². The molecule has 1 heterocycles. The van der Waals surface area contributed by atoms with E-state index in [0.29, 0.717) is 0 Å². The highest BCUT2D eigenvalue weighted by Crippen LogP contribution is 2.07. The van der Waals surface area contributed by atoms with E-state index in [2.05, 4.69) is 13.8 Å². The fourth-order valence-electron chi connectivity index (χ4n) is 2.02. The first-order valence-corrected chi connectivity index (χ1v) is 5.20. The van der Waals surface area contributed by atoms with Gasteiger partial charge in [-0.3, -0.25) is 0 Å². The molecule has 1 nitrogen and oxygen atoms in total. The fraction of sp³-hybridized carbons (Fsp3) is 1.00. The van der Waals surface area contributed by atoms with Gasteiger partial charge < -0.3 is 17.3 Å². The number of hydrogen-bond donors (Lipinski definition) is 1. The van der Waals surface area contributed by atoms with E-state index in [1.165, 1.54) is 45.3 Å². The topological polar surface area (TPSA) is 4.44 Å². The Balaban J connectivity index is 0.00000121. The van der Waals surface area contributed by atoms with Crippen molar-refractivity contribution in [2.45, 2.75) is 39.5 Å². The third kappa shape index (κ3) is 3.77. The maximum absolute atomic E-state index is 2.33. The van der Waals surface area contributed by atoms with Crippen LogP contribution in [-0.2, 0) is 0 Å². The van der Waals surface area contributed by atoms with E-state index in [1.54, 1.807) is 0 Å². The maximum atomic E-state index is 2.33. The third-order valence-corrected chi connectivity index (χ3v) is 2.94. The van der Waals surface area contributed by atoms with Gasteiger partial charge >= 0.3 is 0 Å². The zero-order valence-electron chi connectivity index (χ0n) is 8.41. The number of likely N-dealkylation sites (tertiary alicyclic amines) is 1. The van der Waals surface area contributed by atoms with Crippen LogP contribution < -0.4 is 17.3 Å². The molecule has 1 aliphatic rings. The number of halogens is 1. The third-order valence-electron chi connectivity index (χ3n) is 2.94. The van der Waals surface area contributed by atoms with Crippen molar-refractivity contribution >= 4 is 0 Å². The van der Waals surface area contributed by atoms with Gasteiger partial charge in [-0.1, -0.05) is 20.3 Å². The molecule has 0 saturated carbocycles. The SMILES string of the molecule is CCCC[NH+]1CCC(CC)C1.[Cl-]. The van der Waals surface area contributed by atoms with Crippen LogP contribution in [0.1, 0.15) is 39.5 Å². The van der Waals surface area contributed by atoms with Gasteiger partial charge in [-0.25, -0.2) is 0 Å². The molecule has 1 rings (SSSR count). The molecule has 2 atom stereocenters. The van der Waals surface area contributed by atoms with Crippen LogP contribution in [-0.4, -0.2) is 19.6 Å². The molecule has 0 aliphatic carbocycles. The van der Waals surface area contributed by atoms with Crippen LogP contribution in [0.2, 0.25) is 0 Å². The Hall–Kier alpha value is 0.250. The summed E-state index contributed by atoms with van der Waals surface area (Å²) in [7, 11) is 0. The summed E-state index contributed by atoms with van der Waals surface area (Å²) in [6.45, 7) is 8.93. The minimum atomic E-state index is 0. The summed E-state index contributed by atoms with van der Waals surface area (Å²) < 4.78 is 0. The zero-order valence-corrected chi connectivity index (χ0v) is 9.16. The first kappa shape index (κ1) is 12.2. The predicted octanol–water partition coefficient (Wildman–Crippen LogP) is -1.89. The van der Waals surface area contributed by atoms with Gasteiger partial charge in [-0.15, -0.1) is 0 Å². The Kier molecular flexibility index (Phi) is 6.87. The molecule has 74 valence electrons. The van der Waals surface area contributed by atoms with E-state index >= 15 is 0 Å². The van der Waals surface area contributed by atoms with E-state index in [-0.39, 0.29) is 12.4 Å². The normalized spacial score (nSPS) is 28.5. The molecular weight excluding hydrogens is 170 g/mol. The Labute approximate surface area is 82.9 Å². The highest BCUT2D eigenvalue weighted by atomic mass is 35.5. The lowest BCUT2D eigenvalue weighted by atomic mass is 10.1. The largest absolute Gasteiger partial charge is 1.00 e. The molecule has 0 spiro atoms. The summed E-state index contributed by atoms with van der Waals surface area (Å²) in [5, 5.41) is 0. The van der Waals surface area contributed by atoms with Gasteiger partial charge in [0, 0.05) is 12.3 Å². The quantitative estimate of drug-likeness (QED) is 0.530. The second-order valence-corrected chi connectivity index (χ2v) is 3.87. The van der Waals surface area contributed by atoms with Crippen LogP contribution in [0.25, 0.3) is 0 Å². The van der Waals surface area contributed by atoms with E-state index < -0.39 is 0 Å². The van der Waals surface area contributed by atoms with Gasteiger partial charge in [0.1, 0.15) is 0 Å². The van der Waals surface area contributed by atoms with Crippen LogP contribution in [0, 0.1) is 5.92 Å². The molecule has 0 aromatic heterocycles. The summed E-state index contributed by atoms with van der Waals surface area (Å²) in [6, 6.07) is 0. The number of unbranched alkanes of at least 4 members (excludes halogenated alkanes) is 1. The summed E-state index contributed by atoms with van der Waals surface area (Å²) in [4.78, 5) is 1.86. The van der Waals surface area contributed by atoms with Crippen LogP contribution in [0.3, 0.4) is 0 Å². The Morgan fingerprint density at radius 2 is 2.08 bits per heavy atom. The second-order valence-electron chi connectivity index (χ2n) is 3.87. The standard InChI is InChI=1S/C10H21N.ClH/c1-3-5-7-11-8-6-10(4-2)9-11;/h10H,3-9H2,1-2H3;1H.